The SMILES string of the molecule is CN1CNNC1CC1(C2CCCC(N3CC4C(CC(C(N5CCCC5)C(F)(F)F)CC4C(F)(F)F)C3=O)C2)COC1. The number of likely N-dealkylation sites (tertiary alicyclic amines) is 2. The molecule has 1 amide bonds. The summed E-state index contributed by atoms with van der Waals surface area (Å²) in [5.41, 5.74) is 6.41. The van der Waals surface area contributed by atoms with E-state index in [4.69, 9.17) is 4.74 Å². The van der Waals surface area contributed by atoms with Gasteiger partial charge in [0.25, 0.3) is 0 Å². The third kappa shape index (κ3) is 5.62. The Hall–Kier alpha value is -1.15. The van der Waals surface area contributed by atoms with Gasteiger partial charge < -0.3 is 9.64 Å². The molecule has 4 saturated heterocycles. The predicted molar refractivity (Wildman–Crippen MR) is 138 cm³/mol. The maximum absolute atomic E-state index is 14.4. The Kier molecular flexibility index (Phi) is 8.09. The van der Waals surface area contributed by atoms with Crippen molar-refractivity contribution in [3.63, 3.8) is 0 Å². The number of amides is 1. The van der Waals surface area contributed by atoms with Gasteiger partial charge in [-0.15, -0.1) is 0 Å². The summed E-state index contributed by atoms with van der Waals surface area (Å²) in [6.07, 6.45) is -4.42. The van der Waals surface area contributed by atoms with Gasteiger partial charge in [-0.05, 0) is 89.3 Å². The molecule has 4 aliphatic heterocycles. The summed E-state index contributed by atoms with van der Waals surface area (Å²) in [5, 5.41) is 0. The van der Waals surface area contributed by atoms with Gasteiger partial charge in [0.15, 0.2) is 0 Å². The largest absolute Gasteiger partial charge is 0.404 e. The van der Waals surface area contributed by atoms with E-state index in [1.165, 1.54) is 4.90 Å². The third-order valence-corrected chi connectivity index (χ3v) is 11.4. The van der Waals surface area contributed by atoms with Gasteiger partial charge in [0, 0.05) is 23.9 Å². The number of hydrogen-bond donors (Lipinski definition) is 2. The van der Waals surface area contributed by atoms with E-state index in [0.717, 1.165) is 32.4 Å². The van der Waals surface area contributed by atoms with Crippen LogP contribution in [0.1, 0.15) is 57.8 Å². The fraction of sp³-hybridized carbons (Fsp3) is 0.964. The zero-order valence-corrected chi connectivity index (χ0v) is 23.7. The number of rotatable bonds is 6. The quantitative estimate of drug-likeness (QED) is 0.454. The average molecular weight is 596 g/mol. The van der Waals surface area contributed by atoms with Gasteiger partial charge in [-0.3, -0.25) is 14.6 Å². The van der Waals surface area contributed by atoms with Gasteiger partial charge in [-0.2, -0.15) is 26.3 Å². The van der Waals surface area contributed by atoms with Crippen LogP contribution in [0, 0.1) is 35.0 Å². The molecule has 0 radical (unpaired) electrons. The van der Waals surface area contributed by atoms with Crippen LogP contribution in [0.2, 0.25) is 0 Å². The van der Waals surface area contributed by atoms with Crippen LogP contribution in [0.15, 0.2) is 0 Å². The molecule has 0 aromatic heterocycles. The molecule has 7 nitrogen and oxygen atoms in total. The molecular formula is C28H43F6N5O2. The minimum atomic E-state index is -4.64. The second-order valence-electron chi connectivity index (χ2n) is 13.7. The monoisotopic (exact) mass is 595 g/mol. The second-order valence-corrected chi connectivity index (χ2v) is 13.7. The van der Waals surface area contributed by atoms with Crippen LogP contribution in [0.4, 0.5) is 26.3 Å². The van der Waals surface area contributed by atoms with E-state index >= 15 is 0 Å². The lowest BCUT2D eigenvalue weighted by Gasteiger charge is -2.52. The van der Waals surface area contributed by atoms with Crippen molar-refractivity contribution >= 4 is 5.91 Å². The van der Waals surface area contributed by atoms with Crippen LogP contribution in [0.3, 0.4) is 0 Å². The molecule has 4 heterocycles. The number of ether oxygens (including phenoxy) is 1. The van der Waals surface area contributed by atoms with Gasteiger partial charge in [0.2, 0.25) is 5.91 Å². The molecule has 6 aliphatic rings. The minimum absolute atomic E-state index is 0.00147. The molecule has 0 aromatic rings. The number of carbonyl (C=O) groups excluding carboxylic acids is 1. The molecule has 2 N–H and O–H groups in total. The molecule has 0 aromatic carbocycles. The van der Waals surface area contributed by atoms with Gasteiger partial charge >= 0.3 is 12.4 Å². The van der Waals surface area contributed by atoms with E-state index in [9.17, 15) is 31.1 Å². The van der Waals surface area contributed by atoms with Crippen molar-refractivity contribution in [2.24, 2.45) is 35.0 Å². The highest BCUT2D eigenvalue weighted by Crippen LogP contribution is 2.54. The number of halogens is 6. The number of carbonyl (C=O) groups is 1. The van der Waals surface area contributed by atoms with Crippen molar-refractivity contribution in [3.05, 3.63) is 0 Å². The van der Waals surface area contributed by atoms with Crippen molar-refractivity contribution in [1.29, 1.82) is 0 Å². The second kappa shape index (κ2) is 11.1. The molecule has 6 rings (SSSR count). The predicted octanol–water partition coefficient (Wildman–Crippen LogP) is 3.96. The maximum atomic E-state index is 14.4. The number of alkyl halides is 6. The van der Waals surface area contributed by atoms with Crippen molar-refractivity contribution < 1.29 is 35.9 Å². The van der Waals surface area contributed by atoms with Gasteiger partial charge in [0.1, 0.15) is 6.04 Å². The molecule has 234 valence electrons. The summed E-state index contributed by atoms with van der Waals surface area (Å²) in [7, 11) is 2.04. The molecular weight excluding hydrogens is 552 g/mol. The van der Waals surface area contributed by atoms with E-state index in [1.54, 1.807) is 4.90 Å². The summed E-state index contributed by atoms with van der Waals surface area (Å²) < 4.78 is 91.9. The van der Waals surface area contributed by atoms with Crippen molar-refractivity contribution in [1.82, 2.24) is 25.6 Å². The first-order chi connectivity index (χ1) is 19.4. The van der Waals surface area contributed by atoms with E-state index in [-0.39, 0.29) is 55.5 Å². The third-order valence-electron chi connectivity index (χ3n) is 11.4. The molecule has 0 spiro atoms. The molecule has 41 heavy (non-hydrogen) atoms. The van der Waals surface area contributed by atoms with Crippen LogP contribution in [-0.4, -0.2) is 97.8 Å². The zero-order valence-electron chi connectivity index (χ0n) is 23.7. The number of fused-ring (bicyclic) bond motifs is 1. The first-order valence-corrected chi connectivity index (χ1v) is 15.3. The number of nitrogens with one attached hydrogen (secondary N) is 2. The lowest BCUT2D eigenvalue weighted by Crippen LogP contribution is -2.56. The standard InChI is InChI=1S/C28H43F6N5O2/c1-37-16-35-36-23(37)12-26(14-41-15-26)18-5-4-6-19(11-18)39-13-21-20(25(39)40)9-17(10-22(21)27(29,30)31)24(28(32,33)34)38-7-2-3-8-38/h17-24,35-36H,2-16H2,1H3. The van der Waals surface area contributed by atoms with E-state index in [1.807, 2.05) is 7.05 Å². The summed E-state index contributed by atoms with van der Waals surface area (Å²) >= 11 is 0. The molecule has 13 heteroatoms. The zero-order chi connectivity index (χ0) is 29.2. The summed E-state index contributed by atoms with van der Waals surface area (Å²) in [5.74, 6) is -5.19. The molecule has 8 unspecified atom stereocenters. The van der Waals surface area contributed by atoms with Crippen LogP contribution in [0.25, 0.3) is 0 Å². The van der Waals surface area contributed by atoms with Crippen molar-refractivity contribution in [2.75, 3.05) is 46.6 Å². The normalized spacial score (nSPS) is 39.6. The first kappa shape index (κ1) is 29.9. The summed E-state index contributed by atoms with van der Waals surface area (Å²) in [6.45, 7) is 2.46. The Morgan fingerprint density at radius 1 is 1.02 bits per heavy atom. The van der Waals surface area contributed by atoms with E-state index in [2.05, 4.69) is 15.8 Å². The molecule has 2 saturated carbocycles. The molecule has 2 aliphatic carbocycles. The van der Waals surface area contributed by atoms with Crippen molar-refractivity contribution in [2.45, 2.75) is 88.4 Å². The fourth-order valence-electron chi connectivity index (χ4n) is 9.19. The number of hydrazine groups is 1. The van der Waals surface area contributed by atoms with E-state index in [0.29, 0.717) is 32.5 Å². The van der Waals surface area contributed by atoms with Gasteiger partial charge in [-0.25, -0.2) is 10.9 Å². The van der Waals surface area contributed by atoms with Crippen LogP contribution >= 0.6 is 0 Å². The minimum Gasteiger partial charge on any atom is -0.380 e. The Bertz CT molecular complexity index is 955. The summed E-state index contributed by atoms with van der Waals surface area (Å²) in [4.78, 5) is 19.0. The first-order valence-electron chi connectivity index (χ1n) is 15.3. The van der Waals surface area contributed by atoms with E-state index < -0.39 is 48.5 Å². The topological polar surface area (TPSA) is 60.1 Å². The number of hydrogen-bond acceptors (Lipinski definition) is 6. The fourth-order valence-corrected chi connectivity index (χ4v) is 9.19. The van der Waals surface area contributed by atoms with Crippen LogP contribution in [0.5, 0.6) is 0 Å². The lowest BCUT2D eigenvalue weighted by molar-refractivity contribution is -0.229. The average Bonchev–Trinajstić information content (AvgIpc) is 3.62. The highest BCUT2D eigenvalue weighted by Gasteiger charge is 2.62. The Balaban J connectivity index is 1.20. The van der Waals surface area contributed by atoms with Crippen LogP contribution < -0.4 is 10.9 Å². The Labute approximate surface area is 237 Å². The Morgan fingerprint density at radius 3 is 2.34 bits per heavy atom. The summed E-state index contributed by atoms with van der Waals surface area (Å²) in [6, 6.07) is -2.10. The number of nitrogens with zero attached hydrogens (tertiary/aromatic N) is 3. The van der Waals surface area contributed by atoms with Gasteiger partial charge in [0.05, 0.1) is 32.0 Å². The molecule has 0 bridgehead atoms. The lowest BCUT2D eigenvalue weighted by atomic mass is 9.64. The van der Waals surface area contributed by atoms with Crippen molar-refractivity contribution in [3.8, 4) is 0 Å². The maximum Gasteiger partial charge on any atom is 0.404 e. The highest BCUT2D eigenvalue weighted by molar-refractivity contribution is 5.82. The van der Waals surface area contributed by atoms with Crippen LogP contribution in [-0.2, 0) is 9.53 Å². The molecule has 8 atom stereocenters. The molecule has 6 fully saturated rings. The van der Waals surface area contributed by atoms with Gasteiger partial charge in [-0.1, -0.05) is 6.42 Å². The highest BCUT2D eigenvalue weighted by atomic mass is 19.4. The smallest absolute Gasteiger partial charge is 0.380 e. The Morgan fingerprint density at radius 2 is 1.76 bits per heavy atom.